The molecule has 0 amide bonds. The molecule has 0 spiro atoms. The average molecular weight is 177 g/mol. The second-order valence-corrected chi connectivity index (χ2v) is 3.34. The topological polar surface area (TPSA) is 9.23 Å². The van der Waals surface area contributed by atoms with Crippen LogP contribution in [0.5, 0.6) is 0 Å². The minimum Gasteiger partial charge on any atom is -0.384 e. The van der Waals surface area contributed by atoms with Gasteiger partial charge in [0.05, 0.1) is 11.6 Å². The van der Waals surface area contributed by atoms with Crippen LogP contribution >= 0.6 is 22.9 Å². The molecule has 1 nitrogen and oxygen atoms in total. The molecular weight excluding hydrogens is 168 g/mol. The van der Waals surface area contributed by atoms with E-state index in [2.05, 4.69) is 0 Å². The van der Waals surface area contributed by atoms with Gasteiger partial charge in [-0.25, -0.2) is 0 Å². The zero-order chi connectivity index (χ0) is 7.40. The van der Waals surface area contributed by atoms with Crippen molar-refractivity contribution in [1.29, 1.82) is 0 Å². The summed E-state index contributed by atoms with van der Waals surface area (Å²) >= 11 is 7.51. The summed E-state index contributed by atoms with van der Waals surface area (Å²) in [7, 11) is 1.70. The van der Waals surface area contributed by atoms with Gasteiger partial charge in [0.25, 0.3) is 0 Å². The van der Waals surface area contributed by atoms with E-state index in [1.165, 1.54) is 4.88 Å². The molecule has 56 valence electrons. The van der Waals surface area contributed by atoms with E-state index in [4.69, 9.17) is 16.3 Å². The lowest BCUT2D eigenvalue weighted by atomic mass is 10.4. The molecule has 1 aromatic rings. The Hall–Kier alpha value is -0.0500. The molecule has 0 N–H and O–H groups in total. The highest BCUT2D eigenvalue weighted by atomic mass is 35.5. The number of thiophene rings is 1. The maximum absolute atomic E-state index is 5.83. The number of ether oxygens (including phenoxy) is 1. The summed E-state index contributed by atoms with van der Waals surface area (Å²) in [4.78, 5) is 1.21. The van der Waals surface area contributed by atoms with Crippen LogP contribution in [0.15, 0.2) is 11.4 Å². The van der Waals surface area contributed by atoms with Crippen LogP contribution < -0.4 is 0 Å². The second kappa shape index (κ2) is 3.96. The van der Waals surface area contributed by atoms with Crippen molar-refractivity contribution in [2.45, 2.75) is 6.42 Å². The SMILES string of the molecule is COCCc1sccc1Cl. The number of hydrogen-bond acceptors (Lipinski definition) is 2. The van der Waals surface area contributed by atoms with Gasteiger partial charge in [-0.15, -0.1) is 11.3 Å². The highest BCUT2D eigenvalue weighted by Crippen LogP contribution is 2.21. The van der Waals surface area contributed by atoms with E-state index in [0.717, 1.165) is 18.1 Å². The first-order chi connectivity index (χ1) is 4.84. The van der Waals surface area contributed by atoms with Gasteiger partial charge in [0.15, 0.2) is 0 Å². The highest BCUT2D eigenvalue weighted by molar-refractivity contribution is 7.10. The average Bonchev–Trinajstić information content (AvgIpc) is 2.31. The summed E-state index contributed by atoms with van der Waals surface area (Å²) in [6.07, 6.45) is 0.924. The third-order valence-corrected chi connectivity index (χ3v) is 2.67. The standard InChI is InChI=1S/C7H9ClOS/c1-9-4-2-7-6(8)3-5-10-7/h3,5H,2,4H2,1H3. The van der Waals surface area contributed by atoms with Crippen LogP contribution in [0.4, 0.5) is 0 Å². The third-order valence-electron chi connectivity index (χ3n) is 1.22. The number of hydrogen-bond donors (Lipinski definition) is 0. The van der Waals surface area contributed by atoms with Gasteiger partial charge in [0, 0.05) is 18.4 Å². The summed E-state index contributed by atoms with van der Waals surface area (Å²) in [5, 5.41) is 2.86. The zero-order valence-corrected chi connectivity index (χ0v) is 7.34. The monoisotopic (exact) mass is 176 g/mol. The Morgan fingerprint density at radius 3 is 3.00 bits per heavy atom. The normalized spacial score (nSPS) is 10.2. The molecule has 1 aromatic heterocycles. The Balaban J connectivity index is 2.49. The van der Waals surface area contributed by atoms with E-state index in [0.29, 0.717) is 0 Å². The summed E-state index contributed by atoms with van der Waals surface area (Å²) in [6.45, 7) is 0.750. The summed E-state index contributed by atoms with van der Waals surface area (Å²) < 4.78 is 4.92. The van der Waals surface area contributed by atoms with Crippen LogP contribution in [0.2, 0.25) is 5.02 Å². The molecule has 0 radical (unpaired) electrons. The molecular formula is C7H9ClOS. The minimum atomic E-state index is 0.750. The van der Waals surface area contributed by atoms with Crippen molar-refractivity contribution in [1.82, 2.24) is 0 Å². The van der Waals surface area contributed by atoms with E-state index in [1.807, 2.05) is 11.4 Å². The number of rotatable bonds is 3. The maximum atomic E-state index is 5.83. The van der Waals surface area contributed by atoms with E-state index >= 15 is 0 Å². The quantitative estimate of drug-likeness (QED) is 0.688. The van der Waals surface area contributed by atoms with Gasteiger partial charge in [0.2, 0.25) is 0 Å². The first-order valence-electron chi connectivity index (χ1n) is 3.05. The molecule has 0 bridgehead atoms. The molecule has 0 atom stereocenters. The van der Waals surface area contributed by atoms with Crippen LogP contribution in [0.1, 0.15) is 4.88 Å². The van der Waals surface area contributed by atoms with Crippen molar-refractivity contribution in [2.75, 3.05) is 13.7 Å². The van der Waals surface area contributed by atoms with E-state index < -0.39 is 0 Å². The van der Waals surface area contributed by atoms with Gasteiger partial charge in [-0.3, -0.25) is 0 Å². The molecule has 0 aromatic carbocycles. The Kier molecular flexibility index (Phi) is 3.19. The van der Waals surface area contributed by atoms with Crippen LogP contribution in [0.25, 0.3) is 0 Å². The Morgan fingerprint density at radius 1 is 1.70 bits per heavy atom. The fourth-order valence-corrected chi connectivity index (χ4v) is 1.81. The predicted molar refractivity (Wildman–Crippen MR) is 44.9 cm³/mol. The minimum absolute atomic E-state index is 0.750. The van der Waals surface area contributed by atoms with E-state index in [1.54, 1.807) is 18.4 Å². The Morgan fingerprint density at radius 2 is 2.50 bits per heavy atom. The zero-order valence-electron chi connectivity index (χ0n) is 5.76. The van der Waals surface area contributed by atoms with Crippen molar-refractivity contribution < 1.29 is 4.74 Å². The van der Waals surface area contributed by atoms with E-state index in [9.17, 15) is 0 Å². The Labute approximate surface area is 69.6 Å². The molecule has 3 heteroatoms. The van der Waals surface area contributed by atoms with Crippen LogP contribution in [0, 0.1) is 0 Å². The Bertz CT molecular complexity index is 197. The predicted octanol–water partition coefficient (Wildman–Crippen LogP) is 2.59. The fraction of sp³-hybridized carbons (Fsp3) is 0.429. The molecule has 10 heavy (non-hydrogen) atoms. The molecule has 0 saturated heterocycles. The van der Waals surface area contributed by atoms with Gasteiger partial charge in [-0.1, -0.05) is 11.6 Å². The van der Waals surface area contributed by atoms with Gasteiger partial charge in [-0.05, 0) is 11.4 Å². The van der Waals surface area contributed by atoms with Crippen LogP contribution in [-0.4, -0.2) is 13.7 Å². The molecule has 1 rings (SSSR count). The fourth-order valence-electron chi connectivity index (χ4n) is 0.698. The largest absolute Gasteiger partial charge is 0.384 e. The van der Waals surface area contributed by atoms with Gasteiger partial charge < -0.3 is 4.74 Å². The van der Waals surface area contributed by atoms with Gasteiger partial charge in [0.1, 0.15) is 0 Å². The lowest BCUT2D eigenvalue weighted by Crippen LogP contribution is -1.91. The molecule has 0 aliphatic carbocycles. The maximum Gasteiger partial charge on any atom is 0.0545 e. The van der Waals surface area contributed by atoms with Crippen molar-refractivity contribution >= 4 is 22.9 Å². The van der Waals surface area contributed by atoms with E-state index in [-0.39, 0.29) is 0 Å². The highest BCUT2D eigenvalue weighted by Gasteiger charge is 1.99. The summed E-state index contributed by atoms with van der Waals surface area (Å²) in [5.74, 6) is 0. The summed E-state index contributed by atoms with van der Waals surface area (Å²) in [5.41, 5.74) is 0. The first kappa shape index (κ1) is 8.05. The van der Waals surface area contributed by atoms with Crippen molar-refractivity contribution in [2.24, 2.45) is 0 Å². The van der Waals surface area contributed by atoms with Gasteiger partial charge >= 0.3 is 0 Å². The van der Waals surface area contributed by atoms with Gasteiger partial charge in [-0.2, -0.15) is 0 Å². The molecule has 1 heterocycles. The number of methoxy groups -OCH3 is 1. The second-order valence-electron chi connectivity index (χ2n) is 1.93. The lowest BCUT2D eigenvalue weighted by Gasteiger charge is -1.95. The smallest absolute Gasteiger partial charge is 0.0545 e. The van der Waals surface area contributed by atoms with Crippen molar-refractivity contribution in [3.8, 4) is 0 Å². The number of halogens is 1. The summed E-state index contributed by atoms with van der Waals surface area (Å²) in [6, 6.07) is 1.91. The molecule has 0 saturated carbocycles. The molecule has 0 unspecified atom stereocenters. The lowest BCUT2D eigenvalue weighted by molar-refractivity contribution is 0.203. The van der Waals surface area contributed by atoms with Crippen LogP contribution in [-0.2, 0) is 11.2 Å². The molecule has 0 aliphatic heterocycles. The van der Waals surface area contributed by atoms with Crippen LogP contribution in [0.3, 0.4) is 0 Å². The molecule has 0 aliphatic rings. The molecule has 0 fully saturated rings. The third kappa shape index (κ3) is 1.97. The first-order valence-corrected chi connectivity index (χ1v) is 4.31. The van der Waals surface area contributed by atoms with Crippen molar-refractivity contribution in [3.63, 3.8) is 0 Å². The van der Waals surface area contributed by atoms with Crippen molar-refractivity contribution in [3.05, 3.63) is 21.3 Å².